The molecule has 0 aromatic heterocycles. The summed E-state index contributed by atoms with van der Waals surface area (Å²) in [6.45, 7) is 5.66. The number of ether oxygens (including phenoxy) is 1. The highest BCUT2D eigenvalue weighted by atomic mass is 127. The Balaban J connectivity index is 0.00000784. The third-order valence-electron chi connectivity index (χ3n) is 5.43. The number of morpholine rings is 1. The summed E-state index contributed by atoms with van der Waals surface area (Å²) in [5.41, 5.74) is 3.05. The first-order valence-corrected chi connectivity index (χ1v) is 11.4. The number of halogens is 1. The maximum atomic E-state index is 12.2. The van der Waals surface area contributed by atoms with Gasteiger partial charge in [-0.05, 0) is 12.8 Å². The van der Waals surface area contributed by atoms with Crippen LogP contribution in [0.5, 0.6) is 0 Å². The number of carbonyl (C=O) groups excluding carboxylic acids is 2. The molecule has 7 heteroatoms. The van der Waals surface area contributed by atoms with Crippen molar-refractivity contribution in [3.63, 3.8) is 0 Å². The Morgan fingerprint density at radius 3 is 1.93 bits per heavy atom. The fraction of sp³-hybridized carbons (Fsp3) is 0.909. The highest BCUT2D eigenvalue weighted by Gasteiger charge is 2.21. The Labute approximate surface area is 195 Å². The first kappa shape index (κ1) is 28.6. The Morgan fingerprint density at radius 1 is 0.862 bits per heavy atom. The third-order valence-corrected chi connectivity index (χ3v) is 5.43. The number of unbranched alkanes of at least 4 members (excludes halogenated alkanes) is 9. The van der Waals surface area contributed by atoms with Gasteiger partial charge in [0.1, 0.15) is 6.54 Å². The van der Waals surface area contributed by atoms with E-state index in [0.717, 1.165) is 13.0 Å². The normalized spacial score (nSPS) is 14.4. The molecule has 2 amide bonds. The molecule has 0 radical (unpaired) electrons. The summed E-state index contributed by atoms with van der Waals surface area (Å²) in [5.74, 6) is 0.0112. The Hall–Kier alpha value is -0.410. The van der Waals surface area contributed by atoms with Gasteiger partial charge < -0.3 is 33.6 Å². The molecule has 0 saturated carbocycles. The van der Waals surface area contributed by atoms with Crippen molar-refractivity contribution < 1.29 is 42.9 Å². The summed E-state index contributed by atoms with van der Waals surface area (Å²) in [5, 5.41) is 0. The highest BCUT2D eigenvalue weighted by Crippen LogP contribution is 2.11. The lowest BCUT2D eigenvalue weighted by atomic mass is 10.1. The van der Waals surface area contributed by atoms with Crippen LogP contribution in [-0.4, -0.2) is 68.2 Å². The highest BCUT2D eigenvalue weighted by molar-refractivity contribution is 5.83. The van der Waals surface area contributed by atoms with Gasteiger partial charge in [0.15, 0.2) is 0 Å². The predicted molar refractivity (Wildman–Crippen MR) is 114 cm³/mol. The molecule has 1 saturated heterocycles. The van der Waals surface area contributed by atoms with Gasteiger partial charge in [-0.2, -0.15) is 0 Å². The molecular weight excluding hydrogens is 481 g/mol. The van der Waals surface area contributed by atoms with Crippen LogP contribution in [0.15, 0.2) is 0 Å². The van der Waals surface area contributed by atoms with E-state index in [2.05, 4.69) is 12.3 Å². The average molecular weight is 526 g/mol. The lowest BCUT2D eigenvalue weighted by Gasteiger charge is -2.29. The number of quaternary nitrogens is 1. The van der Waals surface area contributed by atoms with Crippen molar-refractivity contribution in [2.45, 2.75) is 84.0 Å². The molecule has 0 atom stereocenters. The van der Waals surface area contributed by atoms with E-state index >= 15 is 0 Å². The lowest BCUT2D eigenvalue weighted by molar-refractivity contribution is -0.925. The van der Waals surface area contributed by atoms with E-state index in [0.29, 0.717) is 30.9 Å². The van der Waals surface area contributed by atoms with Gasteiger partial charge in [-0.25, -0.2) is 10.0 Å². The lowest BCUT2D eigenvalue weighted by Crippen LogP contribution is -3.00. The minimum absolute atomic E-state index is 0. The first-order chi connectivity index (χ1) is 13.4. The molecule has 0 aromatic carbocycles. The van der Waals surface area contributed by atoms with Crippen molar-refractivity contribution in [2.24, 2.45) is 0 Å². The fourth-order valence-corrected chi connectivity index (χ4v) is 3.64. The van der Waals surface area contributed by atoms with Gasteiger partial charge in [0.25, 0.3) is 5.91 Å². The molecule has 29 heavy (non-hydrogen) atoms. The van der Waals surface area contributed by atoms with Crippen LogP contribution in [0.4, 0.5) is 0 Å². The molecule has 1 aliphatic rings. The molecule has 1 N–H and O–H groups in total. The Bertz CT molecular complexity index is 441. The van der Waals surface area contributed by atoms with Crippen molar-refractivity contribution in [1.29, 1.82) is 0 Å². The maximum absolute atomic E-state index is 12.2. The van der Waals surface area contributed by atoms with Crippen LogP contribution >= 0.6 is 0 Å². The van der Waals surface area contributed by atoms with Crippen LogP contribution in [0.2, 0.25) is 0 Å². The van der Waals surface area contributed by atoms with E-state index in [1.165, 1.54) is 57.8 Å². The van der Waals surface area contributed by atoms with Crippen molar-refractivity contribution in [3.8, 4) is 0 Å². The minimum atomic E-state index is -0.0429. The number of carbonyl (C=O) groups is 2. The molecule has 172 valence electrons. The predicted octanol–water partition coefficient (Wildman–Crippen LogP) is 0.658. The molecule has 1 heterocycles. The van der Waals surface area contributed by atoms with Crippen molar-refractivity contribution in [1.82, 2.24) is 10.3 Å². The SMILES string of the molecule is CCCCCCCCCCCC[N+](C)(C)NC(=O)CCC(=O)N1CCOCC1.[I-]. The van der Waals surface area contributed by atoms with E-state index < -0.39 is 0 Å². The van der Waals surface area contributed by atoms with Gasteiger partial charge in [0.05, 0.1) is 27.3 Å². The number of nitrogens with zero attached hydrogens (tertiary/aromatic N) is 2. The quantitative estimate of drug-likeness (QED) is 0.148. The Kier molecular flexibility index (Phi) is 17.0. The van der Waals surface area contributed by atoms with Crippen LogP contribution in [0, 0.1) is 0 Å². The summed E-state index contributed by atoms with van der Waals surface area (Å²) in [4.78, 5) is 26.1. The number of amides is 2. The molecule has 1 rings (SSSR count). The zero-order chi connectivity index (χ0) is 20.7. The summed E-state index contributed by atoms with van der Waals surface area (Å²) in [7, 11) is 4.05. The van der Waals surface area contributed by atoms with Gasteiger partial charge in [-0.3, -0.25) is 9.59 Å². The zero-order valence-electron chi connectivity index (χ0n) is 19.0. The van der Waals surface area contributed by atoms with Gasteiger partial charge in [0, 0.05) is 25.9 Å². The molecule has 0 bridgehead atoms. The van der Waals surface area contributed by atoms with Crippen LogP contribution < -0.4 is 29.4 Å². The average Bonchev–Trinajstić information content (AvgIpc) is 2.68. The van der Waals surface area contributed by atoms with Crippen molar-refractivity contribution in [2.75, 3.05) is 46.9 Å². The van der Waals surface area contributed by atoms with Crippen LogP contribution in [0.25, 0.3) is 0 Å². The largest absolute Gasteiger partial charge is 1.00 e. The minimum Gasteiger partial charge on any atom is -1.00 e. The number of hydrogen-bond donors (Lipinski definition) is 1. The zero-order valence-corrected chi connectivity index (χ0v) is 21.2. The number of hydrogen-bond acceptors (Lipinski definition) is 3. The van der Waals surface area contributed by atoms with E-state index in [9.17, 15) is 9.59 Å². The van der Waals surface area contributed by atoms with Crippen LogP contribution in [-0.2, 0) is 14.3 Å². The summed E-state index contributed by atoms with van der Waals surface area (Å²) < 4.78 is 5.74. The molecule has 0 spiro atoms. The maximum Gasteiger partial charge on any atom is 0.265 e. The van der Waals surface area contributed by atoms with Gasteiger partial charge in [-0.1, -0.05) is 58.3 Å². The Morgan fingerprint density at radius 2 is 1.38 bits per heavy atom. The molecule has 1 aliphatic heterocycles. The van der Waals surface area contributed by atoms with Crippen molar-refractivity contribution >= 4 is 11.8 Å². The van der Waals surface area contributed by atoms with E-state index in [1.807, 2.05) is 14.1 Å². The monoisotopic (exact) mass is 525 g/mol. The second-order valence-electron chi connectivity index (χ2n) is 8.62. The molecule has 1 fully saturated rings. The number of nitrogens with one attached hydrogen (secondary N) is 1. The van der Waals surface area contributed by atoms with Gasteiger partial charge in [0.2, 0.25) is 5.91 Å². The summed E-state index contributed by atoms with van der Waals surface area (Å²) in [6.07, 6.45) is 13.7. The van der Waals surface area contributed by atoms with E-state index in [4.69, 9.17) is 4.74 Å². The van der Waals surface area contributed by atoms with E-state index in [1.54, 1.807) is 4.90 Å². The topological polar surface area (TPSA) is 58.6 Å². The number of rotatable bonds is 15. The van der Waals surface area contributed by atoms with Crippen LogP contribution in [0.1, 0.15) is 84.0 Å². The first-order valence-electron chi connectivity index (χ1n) is 11.4. The molecule has 0 aliphatic carbocycles. The molecular formula is C22H44IN3O3. The van der Waals surface area contributed by atoms with Crippen molar-refractivity contribution in [3.05, 3.63) is 0 Å². The third kappa shape index (κ3) is 15.1. The van der Waals surface area contributed by atoms with Gasteiger partial charge >= 0.3 is 0 Å². The molecule has 6 nitrogen and oxygen atoms in total. The smallest absolute Gasteiger partial charge is 0.265 e. The summed E-state index contributed by atoms with van der Waals surface area (Å²) >= 11 is 0. The fourth-order valence-electron chi connectivity index (χ4n) is 3.64. The van der Waals surface area contributed by atoms with Crippen LogP contribution in [0.3, 0.4) is 0 Å². The molecule has 0 unspecified atom stereocenters. The second-order valence-corrected chi connectivity index (χ2v) is 8.62. The van der Waals surface area contributed by atoms with Gasteiger partial charge in [-0.15, -0.1) is 0 Å². The molecule has 0 aromatic rings. The summed E-state index contributed by atoms with van der Waals surface area (Å²) in [6, 6.07) is 0. The standard InChI is InChI=1S/C22H43N3O3.HI/c1-4-5-6-7-8-9-10-11-12-13-18-25(2,3)23-21(26)14-15-22(27)24-16-19-28-20-17-24;/h4-20H2,1-3H3;1H. The van der Waals surface area contributed by atoms with E-state index in [-0.39, 0.29) is 48.6 Å². The second kappa shape index (κ2) is 17.3.